The summed E-state index contributed by atoms with van der Waals surface area (Å²) in [5.74, 6) is 0.106. The molecule has 0 aliphatic rings. The van der Waals surface area contributed by atoms with Crippen LogP contribution in [0.4, 0.5) is 5.69 Å². The van der Waals surface area contributed by atoms with Crippen LogP contribution in [-0.4, -0.2) is 36.0 Å². The van der Waals surface area contributed by atoms with E-state index in [2.05, 4.69) is 20.4 Å². The van der Waals surface area contributed by atoms with E-state index in [0.717, 1.165) is 11.7 Å². The molecule has 0 atom stereocenters. The number of rotatable bonds is 6. The third-order valence-electron chi connectivity index (χ3n) is 3.25. The number of nitrogens with one attached hydrogen (secondary N) is 1. The Kier molecular flexibility index (Phi) is 5.17. The van der Waals surface area contributed by atoms with Crippen LogP contribution in [0.3, 0.4) is 0 Å². The number of nitrogens with zero attached hydrogens (tertiary/aromatic N) is 5. The molecule has 0 unspecified atom stereocenters. The van der Waals surface area contributed by atoms with E-state index in [1.807, 2.05) is 17.7 Å². The van der Waals surface area contributed by atoms with Crippen molar-refractivity contribution in [2.45, 2.75) is 18.6 Å². The molecule has 2 heterocycles. The molecular formula is C15H15ClN6OS. The first-order valence-corrected chi connectivity index (χ1v) is 8.62. The number of hydrogen-bond acceptors (Lipinski definition) is 5. The predicted octanol–water partition coefficient (Wildman–Crippen LogP) is 2.87. The van der Waals surface area contributed by atoms with Crippen LogP contribution in [-0.2, 0) is 11.3 Å². The number of carbonyl (C=O) groups is 1. The van der Waals surface area contributed by atoms with Crippen LogP contribution in [0.2, 0.25) is 5.02 Å². The quantitative estimate of drug-likeness (QED) is 0.682. The lowest BCUT2D eigenvalue weighted by atomic mass is 10.2. The van der Waals surface area contributed by atoms with Crippen LogP contribution in [0, 0.1) is 0 Å². The van der Waals surface area contributed by atoms with Crippen LogP contribution in [0.5, 0.6) is 0 Å². The first kappa shape index (κ1) is 16.5. The fraction of sp³-hybridized carbons (Fsp3) is 0.200. The maximum atomic E-state index is 12.3. The van der Waals surface area contributed by atoms with Gasteiger partial charge in [0.05, 0.1) is 17.1 Å². The van der Waals surface area contributed by atoms with Crippen molar-refractivity contribution in [2.75, 3.05) is 11.1 Å². The Balaban J connectivity index is 1.71. The number of hydrogen-bond donors (Lipinski definition) is 1. The number of imidazole rings is 1. The fourth-order valence-electron chi connectivity index (χ4n) is 2.13. The number of aromatic nitrogens is 5. The van der Waals surface area contributed by atoms with Gasteiger partial charge in [-0.25, -0.2) is 14.6 Å². The third-order valence-corrected chi connectivity index (χ3v) is 4.49. The number of amides is 1. The second kappa shape index (κ2) is 7.50. The number of aryl methyl sites for hydroxylation is 1. The normalized spacial score (nSPS) is 10.8. The monoisotopic (exact) mass is 362 g/mol. The lowest BCUT2D eigenvalue weighted by Gasteiger charge is -2.11. The molecule has 0 saturated heterocycles. The van der Waals surface area contributed by atoms with Crippen molar-refractivity contribution >= 4 is 35.0 Å². The molecule has 3 aromatic rings. The van der Waals surface area contributed by atoms with Gasteiger partial charge in [-0.1, -0.05) is 23.4 Å². The smallest absolute Gasteiger partial charge is 0.234 e. The van der Waals surface area contributed by atoms with Crippen molar-refractivity contribution in [3.05, 3.63) is 48.3 Å². The van der Waals surface area contributed by atoms with Gasteiger partial charge in [0.25, 0.3) is 0 Å². The summed E-state index contributed by atoms with van der Waals surface area (Å²) in [6.45, 7) is 2.84. The van der Waals surface area contributed by atoms with Gasteiger partial charge >= 0.3 is 0 Å². The van der Waals surface area contributed by atoms with Crippen LogP contribution in [0.15, 0.2) is 48.4 Å². The van der Waals surface area contributed by atoms with E-state index in [9.17, 15) is 4.79 Å². The van der Waals surface area contributed by atoms with Crippen molar-refractivity contribution < 1.29 is 4.79 Å². The highest BCUT2D eigenvalue weighted by molar-refractivity contribution is 7.99. The van der Waals surface area contributed by atoms with Gasteiger partial charge in [-0.2, -0.15) is 5.10 Å². The van der Waals surface area contributed by atoms with Crippen LogP contribution in [0.1, 0.15) is 6.92 Å². The molecule has 3 rings (SSSR count). The van der Waals surface area contributed by atoms with E-state index >= 15 is 0 Å². The Bertz CT molecular complexity index is 832. The summed E-state index contributed by atoms with van der Waals surface area (Å²) in [5, 5.41) is 8.30. The van der Waals surface area contributed by atoms with Crippen molar-refractivity contribution in [3.8, 4) is 5.69 Å². The minimum atomic E-state index is -0.144. The first-order valence-electron chi connectivity index (χ1n) is 7.25. The zero-order valence-corrected chi connectivity index (χ0v) is 14.5. The summed E-state index contributed by atoms with van der Waals surface area (Å²) in [5.41, 5.74) is 1.28. The molecule has 0 radical (unpaired) electrons. The second-order valence-electron chi connectivity index (χ2n) is 4.83. The van der Waals surface area contributed by atoms with E-state index < -0.39 is 0 Å². The topological polar surface area (TPSA) is 77.6 Å². The first-order chi connectivity index (χ1) is 11.7. The molecule has 0 spiro atoms. The molecule has 7 nitrogen and oxygen atoms in total. The second-order valence-corrected chi connectivity index (χ2v) is 6.21. The average molecular weight is 363 g/mol. The van der Waals surface area contributed by atoms with Crippen LogP contribution < -0.4 is 5.32 Å². The van der Waals surface area contributed by atoms with E-state index in [-0.39, 0.29) is 11.7 Å². The Labute approximate surface area is 148 Å². The summed E-state index contributed by atoms with van der Waals surface area (Å²) < 4.78 is 3.56. The number of benzene rings is 1. The Morgan fingerprint density at radius 2 is 2.29 bits per heavy atom. The predicted molar refractivity (Wildman–Crippen MR) is 93.6 cm³/mol. The molecule has 0 bridgehead atoms. The molecule has 124 valence electrons. The fourth-order valence-corrected chi connectivity index (χ4v) is 3.13. The summed E-state index contributed by atoms with van der Waals surface area (Å²) in [7, 11) is 0. The molecule has 0 saturated carbocycles. The van der Waals surface area contributed by atoms with E-state index in [1.54, 1.807) is 35.4 Å². The molecule has 0 fully saturated rings. The minimum Gasteiger partial charge on any atom is -0.326 e. The van der Waals surface area contributed by atoms with Gasteiger partial charge in [-0.3, -0.25) is 4.79 Å². The Hall–Kier alpha value is -2.32. The van der Waals surface area contributed by atoms with Crippen LogP contribution in [0.25, 0.3) is 5.69 Å². The minimum absolute atomic E-state index is 0.144. The highest BCUT2D eigenvalue weighted by Gasteiger charge is 2.12. The van der Waals surface area contributed by atoms with Gasteiger partial charge in [-0.15, -0.1) is 0 Å². The average Bonchev–Trinajstić information content (AvgIpc) is 3.24. The Morgan fingerprint density at radius 1 is 1.42 bits per heavy atom. The SMILES string of the molecule is CCn1ccnc1SCC(=O)Nc1cc(Cl)ccc1-n1cncn1. The van der Waals surface area contributed by atoms with E-state index in [0.29, 0.717) is 16.4 Å². The van der Waals surface area contributed by atoms with Crippen molar-refractivity contribution in [1.29, 1.82) is 0 Å². The standard InChI is InChI=1S/C15H15ClN6OS/c1-2-21-6-5-18-15(21)24-8-14(23)20-12-7-11(16)3-4-13(12)22-10-17-9-19-22/h3-7,9-10H,2,8H2,1H3,(H,20,23). The largest absolute Gasteiger partial charge is 0.326 e. The molecule has 0 aliphatic heterocycles. The van der Waals surface area contributed by atoms with Crippen molar-refractivity contribution in [3.63, 3.8) is 0 Å². The van der Waals surface area contributed by atoms with Gasteiger partial charge in [0.1, 0.15) is 12.7 Å². The molecule has 1 amide bonds. The highest BCUT2D eigenvalue weighted by atomic mass is 35.5. The molecule has 24 heavy (non-hydrogen) atoms. The molecule has 9 heteroatoms. The lowest BCUT2D eigenvalue weighted by Crippen LogP contribution is -2.16. The van der Waals surface area contributed by atoms with Gasteiger partial charge in [-0.05, 0) is 25.1 Å². The van der Waals surface area contributed by atoms with Gasteiger partial charge in [0.2, 0.25) is 5.91 Å². The summed E-state index contributed by atoms with van der Waals surface area (Å²) in [6.07, 6.45) is 6.61. The maximum absolute atomic E-state index is 12.3. The van der Waals surface area contributed by atoms with Crippen molar-refractivity contribution in [2.24, 2.45) is 0 Å². The summed E-state index contributed by atoms with van der Waals surface area (Å²) in [4.78, 5) is 20.4. The zero-order valence-electron chi connectivity index (χ0n) is 12.9. The van der Waals surface area contributed by atoms with Gasteiger partial charge < -0.3 is 9.88 Å². The number of carbonyl (C=O) groups excluding carboxylic acids is 1. The lowest BCUT2D eigenvalue weighted by molar-refractivity contribution is -0.113. The molecule has 1 N–H and O–H groups in total. The summed E-state index contributed by atoms with van der Waals surface area (Å²) in [6, 6.07) is 5.21. The summed E-state index contributed by atoms with van der Waals surface area (Å²) >= 11 is 7.43. The highest BCUT2D eigenvalue weighted by Crippen LogP contribution is 2.24. The van der Waals surface area contributed by atoms with Gasteiger partial charge in [0, 0.05) is 24.0 Å². The number of halogens is 1. The van der Waals surface area contributed by atoms with Gasteiger partial charge in [0.15, 0.2) is 5.16 Å². The van der Waals surface area contributed by atoms with Crippen molar-refractivity contribution in [1.82, 2.24) is 24.3 Å². The molecular weight excluding hydrogens is 348 g/mol. The van der Waals surface area contributed by atoms with E-state index in [4.69, 9.17) is 11.6 Å². The van der Waals surface area contributed by atoms with Crippen LogP contribution >= 0.6 is 23.4 Å². The number of anilines is 1. The Morgan fingerprint density at radius 3 is 3.04 bits per heavy atom. The molecule has 1 aromatic carbocycles. The zero-order chi connectivity index (χ0) is 16.9. The maximum Gasteiger partial charge on any atom is 0.234 e. The molecule has 0 aliphatic carbocycles. The third kappa shape index (κ3) is 3.77. The van der Waals surface area contributed by atoms with E-state index in [1.165, 1.54) is 18.1 Å². The number of thioether (sulfide) groups is 1. The molecule has 2 aromatic heterocycles.